The van der Waals surface area contributed by atoms with Crippen molar-refractivity contribution in [2.24, 2.45) is 0 Å². The molecule has 0 fully saturated rings. The maximum Gasteiger partial charge on any atom is 0.492 e. The molecule has 3 rings (SSSR count). The van der Waals surface area contributed by atoms with Crippen molar-refractivity contribution in [3.63, 3.8) is 0 Å². The summed E-state index contributed by atoms with van der Waals surface area (Å²) >= 11 is 0. The van der Waals surface area contributed by atoms with Crippen LogP contribution in [0.4, 0.5) is 5.69 Å². The van der Waals surface area contributed by atoms with Gasteiger partial charge in [0.2, 0.25) is 5.91 Å². The number of aryl methyl sites for hydroxylation is 2. The molecular formula is C17H18BNO3. The Labute approximate surface area is 130 Å². The first-order valence-corrected chi connectivity index (χ1v) is 7.40. The van der Waals surface area contributed by atoms with Gasteiger partial charge in [0.15, 0.2) is 0 Å². The predicted octanol–water partition coefficient (Wildman–Crippen LogP) is 1.78. The van der Waals surface area contributed by atoms with Gasteiger partial charge in [0, 0.05) is 12.1 Å². The lowest BCUT2D eigenvalue weighted by Crippen LogP contribution is -2.31. The number of anilines is 1. The predicted molar refractivity (Wildman–Crippen MR) is 87.0 cm³/mol. The van der Waals surface area contributed by atoms with Gasteiger partial charge in [0.1, 0.15) is 0 Å². The lowest BCUT2D eigenvalue weighted by molar-refractivity contribution is -0.116. The number of rotatable bonds is 4. The van der Waals surface area contributed by atoms with E-state index in [0.29, 0.717) is 19.4 Å². The fourth-order valence-electron chi connectivity index (χ4n) is 2.69. The minimum atomic E-state index is -0.869. The minimum Gasteiger partial charge on any atom is -0.423 e. The average Bonchev–Trinajstić information content (AvgIpc) is 2.90. The molecule has 0 unspecified atom stereocenters. The van der Waals surface area contributed by atoms with E-state index >= 15 is 0 Å². The van der Waals surface area contributed by atoms with Crippen molar-refractivity contribution in [1.29, 1.82) is 0 Å². The first kappa shape index (κ1) is 14.8. The Morgan fingerprint density at radius 2 is 2.05 bits per heavy atom. The number of carbonyl (C=O) groups is 1. The second-order valence-electron chi connectivity index (χ2n) is 5.57. The molecule has 1 heterocycles. The van der Waals surface area contributed by atoms with Gasteiger partial charge in [-0.05, 0) is 42.1 Å². The highest BCUT2D eigenvalue weighted by Gasteiger charge is 2.29. The Hall–Kier alpha value is -2.11. The molecule has 0 radical (unpaired) electrons. The zero-order valence-electron chi connectivity index (χ0n) is 12.5. The van der Waals surface area contributed by atoms with Crippen LogP contribution in [0.3, 0.4) is 0 Å². The number of fused-ring (bicyclic) bond motifs is 1. The van der Waals surface area contributed by atoms with E-state index in [4.69, 9.17) is 4.65 Å². The van der Waals surface area contributed by atoms with Crippen LogP contribution in [0, 0.1) is 6.92 Å². The highest BCUT2D eigenvalue weighted by Crippen LogP contribution is 2.15. The van der Waals surface area contributed by atoms with Gasteiger partial charge in [-0.25, -0.2) is 0 Å². The van der Waals surface area contributed by atoms with Gasteiger partial charge in [-0.2, -0.15) is 0 Å². The number of hydrogen-bond donors (Lipinski definition) is 2. The van der Waals surface area contributed by atoms with Crippen molar-refractivity contribution in [3.05, 3.63) is 59.2 Å². The van der Waals surface area contributed by atoms with E-state index in [0.717, 1.165) is 27.8 Å². The van der Waals surface area contributed by atoms with Gasteiger partial charge in [0.05, 0.1) is 6.61 Å². The number of amides is 1. The van der Waals surface area contributed by atoms with Crippen molar-refractivity contribution in [2.75, 3.05) is 5.32 Å². The molecule has 5 heteroatoms. The first-order chi connectivity index (χ1) is 10.6. The fraction of sp³-hybridized carbons (Fsp3) is 0.235. The molecule has 0 aliphatic carbocycles. The summed E-state index contributed by atoms with van der Waals surface area (Å²) < 4.78 is 5.23. The molecule has 2 aromatic carbocycles. The molecule has 2 N–H and O–H groups in total. The van der Waals surface area contributed by atoms with Gasteiger partial charge in [-0.15, -0.1) is 0 Å². The van der Waals surface area contributed by atoms with Crippen molar-refractivity contribution < 1.29 is 14.5 Å². The SMILES string of the molecule is Cc1ccc(NC(=O)CCc2cccc3c2B(O)OC3)cc1. The zero-order chi connectivity index (χ0) is 15.5. The van der Waals surface area contributed by atoms with Crippen LogP contribution in [0.15, 0.2) is 42.5 Å². The van der Waals surface area contributed by atoms with E-state index in [1.165, 1.54) is 0 Å². The van der Waals surface area contributed by atoms with Gasteiger partial charge in [-0.1, -0.05) is 35.9 Å². The Kier molecular flexibility index (Phi) is 4.27. The molecule has 0 bridgehead atoms. The van der Waals surface area contributed by atoms with E-state index < -0.39 is 7.12 Å². The lowest BCUT2D eigenvalue weighted by atomic mass is 9.75. The number of nitrogens with one attached hydrogen (secondary N) is 1. The summed E-state index contributed by atoms with van der Waals surface area (Å²) in [4.78, 5) is 12.0. The van der Waals surface area contributed by atoms with Crippen LogP contribution in [0.2, 0.25) is 0 Å². The number of benzene rings is 2. The van der Waals surface area contributed by atoms with Gasteiger partial charge in [0.25, 0.3) is 0 Å². The lowest BCUT2D eigenvalue weighted by Gasteiger charge is -2.09. The maximum atomic E-state index is 12.0. The first-order valence-electron chi connectivity index (χ1n) is 7.40. The third kappa shape index (κ3) is 3.21. The fourth-order valence-corrected chi connectivity index (χ4v) is 2.69. The Morgan fingerprint density at radius 3 is 2.82 bits per heavy atom. The Morgan fingerprint density at radius 1 is 1.27 bits per heavy atom. The smallest absolute Gasteiger partial charge is 0.423 e. The monoisotopic (exact) mass is 295 g/mol. The van der Waals surface area contributed by atoms with Crippen LogP contribution in [0.5, 0.6) is 0 Å². The van der Waals surface area contributed by atoms with Crippen LogP contribution in [0.1, 0.15) is 23.1 Å². The van der Waals surface area contributed by atoms with Crippen molar-refractivity contribution in [2.45, 2.75) is 26.4 Å². The Bertz CT molecular complexity index is 685. The summed E-state index contributed by atoms with van der Waals surface area (Å²) in [6.45, 7) is 2.44. The summed E-state index contributed by atoms with van der Waals surface area (Å²) in [6, 6.07) is 13.5. The van der Waals surface area contributed by atoms with E-state index in [1.807, 2.05) is 49.4 Å². The standard InChI is InChI=1S/C17H18BNO3/c1-12-5-8-15(9-6-12)19-16(20)10-7-13-3-2-4-14-11-22-18(21)17(13)14/h2-6,8-9,21H,7,10-11H2,1H3,(H,19,20). The van der Waals surface area contributed by atoms with Crippen molar-refractivity contribution in [1.82, 2.24) is 0 Å². The molecular weight excluding hydrogens is 277 g/mol. The summed E-state index contributed by atoms with van der Waals surface area (Å²) in [5.74, 6) is -0.0325. The van der Waals surface area contributed by atoms with E-state index in [2.05, 4.69) is 5.32 Å². The molecule has 1 aliphatic rings. The van der Waals surface area contributed by atoms with Gasteiger partial charge in [-0.3, -0.25) is 4.79 Å². The second-order valence-corrected chi connectivity index (χ2v) is 5.57. The van der Waals surface area contributed by atoms with E-state index in [-0.39, 0.29) is 5.91 Å². The molecule has 2 aromatic rings. The van der Waals surface area contributed by atoms with Crippen molar-refractivity contribution >= 4 is 24.2 Å². The molecule has 1 amide bonds. The largest absolute Gasteiger partial charge is 0.492 e. The van der Waals surface area contributed by atoms with Gasteiger partial charge < -0.3 is 15.0 Å². The summed E-state index contributed by atoms with van der Waals surface area (Å²) in [6.07, 6.45) is 0.957. The minimum absolute atomic E-state index is 0.0325. The van der Waals surface area contributed by atoms with E-state index in [9.17, 15) is 9.82 Å². The number of hydrogen-bond acceptors (Lipinski definition) is 3. The molecule has 0 spiro atoms. The van der Waals surface area contributed by atoms with Crippen molar-refractivity contribution in [3.8, 4) is 0 Å². The summed E-state index contributed by atoms with van der Waals surface area (Å²) in [5, 5.41) is 12.8. The second kappa shape index (κ2) is 6.34. The third-order valence-electron chi connectivity index (χ3n) is 3.89. The van der Waals surface area contributed by atoms with Gasteiger partial charge >= 0.3 is 7.12 Å². The van der Waals surface area contributed by atoms with E-state index in [1.54, 1.807) is 0 Å². The molecule has 0 aromatic heterocycles. The maximum absolute atomic E-state index is 12.0. The highest BCUT2D eigenvalue weighted by molar-refractivity contribution is 6.62. The van der Waals surface area contributed by atoms with Crippen LogP contribution < -0.4 is 10.8 Å². The van der Waals surface area contributed by atoms with Crippen LogP contribution in [-0.2, 0) is 22.5 Å². The summed E-state index contributed by atoms with van der Waals surface area (Å²) in [7, 11) is -0.869. The summed E-state index contributed by atoms with van der Waals surface area (Å²) in [5.41, 5.74) is 4.76. The topological polar surface area (TPSA) is 58.6 Å². The van der Waals surface area contributed by atoms with Crippen LogP contribution in [0.25, 0.3) is 0 Å². The number of carbonyl (C=O) groups excluding carboxylic acids is 1. The molecule has 1 aliphatic heterocycles. The molecule has 22 heavy (non-hydrogen) atoms. The molecule has 4 nitrogen and oxygen atoms in total. The van der Waals surface area contributed by atoms with Crippen LogP contribution in [-0.4, -0.2) is 18.0 Å². The molecule has 0 saturated carbocycles. The zero-order valence-corrected chi connectivity index (χ0v) is 12.5. The Balaban J connectivity index is 1.62. The molecule has 0 atom stereocenters. The normalized spacial score (nSPS) is 13.1. The average molecular weight is 295 g/mol. The molecule has 112 valence electrons. The highest BCUT2D eigenvalue weighted by atomic mass is 16.5. The third-order valence-corrected chi connectivity index (χ3v) is 3.89. The quantitative estimate of drug-likeness (QED) is 0.845. The molecule has 0 saturated heterocycles. The van der Waals surface area contributed by atoms with Crippen LogP contribution >= 0.6 is 0 Å².